The van der Waals surface area contributed by atoms with Gasteiger partial charge in [0.15, 0.2) is 5.78 Å². The van der Waals surface area contributed by atoms with Gasteiger partial charge in [0.05, 0.1) is 17.0 Å². The Morgan fingerprint density at radius 3 is 2.48 bits per heavy atom. The van der Waals surface area contributed by atoms with Gasteiger partial charge in [0.1, 0.15) is 11.2 Å². The SMILES string of the molecule is Cc1ccc(C)c(-n2nc(C)c(/C=C(\C#N)C(=O)C(C)(C)C)c2Cl)c1. The second kappa shape index (κ2) is 6.85. The van der Waals surface area contributed by atoms with Crippen molar-refractivity contribution in [1.82, 2.24) is 9.78 Å². The average molecular weight is 356 g/mol. The molecule has 0 atom stereocenters. The van der Waals surface area contributed by atoms with Crippen molar-refractivity contribution in [2.75, 3.05) is 0 Å². The zero-order valence-electron chi connectivity index (χ0n) is 15.4. The second-order valence-corrected chi connectivity index (χ2v) is 7.60. The van der Waals surface area contributed by atoms with Crippen molar-refractivity contribution in [1.29, 1.82) is 5.26 Å². The Bertz CT molecular complexity index is 908. The maximum Gasteiger partial charge on any atom is 0.178 e. The van der Waals surface area contributed by atoms with Gasteiger partial charge in [0.2, 0.25) is 0 Å². The summed E-state index contributed by atoms with van der Waals surface area (Å²) in [4.78, 5) is 12.4. The molecule has 5 heteroatoms. The molecule has 4 nitrogen and oxygen atoms in total. The Morgan fingerprint density at radius 2 is 1.92 bits per heavy atom. The second-order valence-electron chi connectivity index (χ2n) is 7.24. The summed E-state index contributed by atoms with van der Waals surface area (Å²) in [5.74, 6) is -0.218. The van der Waals surface area contributed by atoms with Gasteiger partial charge in [-0.2, -0.15) is 10.4 Å². The molecule has 0 fully saturated rings. The van der Waals surface area contributed by atoms with Crippen LogP contribution >= 0.6 is 11.6 Å². The third kappa shape index (κ3) is 3.83. The number of halogens is 1. The fourth-order valence-electron chi connectivity index (χ4n) is 2.48. The summed E-state index contributed by atoms with van der Waals surface area (Å²) in [5, 5.41) is 14.3. The van der Waals surface area contributed by atoms with Crippen LogP contribution in [0.15, 0.2) is 23.8 Å². The number of carbonyl (C=O) groups is 1. The largest absolute Gasteiger partial charge is 0.293 e. The lowest BCUT2D eigenvalue weighted by Gasteiger charge is -2.15. The fourth-order valence-corrected chi connectivity index (χ4v) is 2.80. The van der Waals surface area contributed by atoms with E-state index in [0.717, 1.165) is 16.8 Å². The van der Waals surface area contributed by atoms with E-state index in [-0.39, 0.29) is 11.4 Å². The van der Waals surface area contributed by atoms with E-state index in [2.05, 4.69) is 5.10 Å². The van der Waals surface area contributed by atoms with Crippen LogP contribution in [0.2, 0.25) is 5.15 Å². The molecule has 130 valence electrons. The van der Waals surface area contributed by atoms with E-state index in [1.54, 1.807) is 31.5 Å². The van der Waals surface area contributed by atoms with E-state index in [1.807, 2.05) is 45.0 Å². The molecule has 0 aliphatic rings. The topological polar surface area (TPSA) is 58.7 Å². The summed E-state index contributed by atoms with van der Waals surface area (Å²) >= 11 is 6.54. The smallest absolute Gasteiger partial charge is 0.178 e. The normalized spacial score (nSPS) is 12.2. The Hall–Kier alpha value is -2.38. The summed E-state index contributed by atoms with van der Waals surface area (Å²) in [6, 6.07) is 8.04. The van der Waals surface area contributed by atoms with Gasteiger partial charge in [0, 0.05) is 11.0 Å². The third-order valence-electron chi connectivity index (χ3n) is 3.98. The number of nitriles is 1. The molecular weight excluding hydrogens is 334 g/mol. The number of carbonyl (C=O) groups excluding carboxylic acids is 1. The van der Waals surface area contributed by atoms with E-state index in [0.29, 0.717) is 16.4 Å². The zero-order chi connectivity index (χ0) is 18.9. The van der Waals surface area contributed by atoms with Crippen molar-refractivity contribution in [2.45, 2.75) is 41.5 Å². The molecule has 0 unspecified atom stereocenters. The van der Waals surface area contributed by atoms with Crippen LogP contribution in [0.4, 0.5) is 0 Å². The predicted molar refractivity (Wildman–Crippen MR) is 101 cm³/mol. The zero-order valence-corrected chi connectivity index (χ0v) is 16.2. The minimum Gasteiger partial charge on any atom is -0.293 e. The first-order chi connectivity index (χ1) is 11.6. The Morgan fingerprint density at radius 1 is 1.28 bits per heavy atom. The number of benzene rings is 1. The average Bonchev–Trinajstić information content (AvgIpc) is 2.80. The molecule has 25 heavy (non-hydrogen) atoms. The highest BCUT2D eigenvalue weighted by molar-refractivity contribution is 6.31. The third-order valence-corrected chi connectivity index (χ3v) is 4.34. The van der Waals surface area contributed by atoms with Crippen LogP contribution in [0.25, 0.3) is 11.8 Å². The van der Waals surface area contributed by atoms with Crippen LogP contribution in [-0.2, 0) is 4.79 Å². The molecular formula is C20H22ClN3O. The lowest BCUT2D eigenvalue weighted by atomic mass is 9.86. The molecule has 2 rings (SSSR count). The number of hydrogen-bond donors (Lipinski definition) is 0. The van der Waals surface area contributed by atoms with E-state index in [1.165, 1.54) is 0 Å². The van der Waals surface area contributed by atoms with Crippen LogP contribution in [0.1, 0.15) is 43.2 Å². The van der Waals surface area contributed by atoms with Gasteiger partial charge in [-0.1, -0.05) is 44.5 Å². The van der Waals surface area contributed by atoms with Gasteiger partial charge in [-0.15, -0.1) is 0 Å². The van der Waals surface area contributed by atoms with Crippen LogP contribution < -0.4 is 0 Å². The molecule has 0 aliphatic carbocycles. The molecule has 0 spiro atoms. The van der Waals surface area contributed by atoms with Gasteiger partial charge in [-0.3, -0.25) is 4.79 Å². The Labute approximate surface area is 153 Å². The number of rotatable bonds is 3. The first-order valence-electron chi connectivity index (χ1n) is 8.05. The maximum absolute atomic E-state index is 12.4. The van der Waals surface area contributed by atoms with E-state index in [4.69, 9.17) is 11.6 Å². The minimum absolute atomic E-state index is 0.0815. The van der Waals surface area contributed by atoms with E-state index < -0.39 is 5.41 Å². The molecule has 0 saturated carbocycles. The number of ketones is 1. The van der Waals surface area contributed by atoms with Crippen LogP contribution in [0.5, 0.6) is 0 Å². The Kier molecular flexibility index (Phi) is 5.20. The highest BCUT2D eigenvalue weighted by atomic mass is 35.5. The number of aryl methyl sites for hydroxylation is 3. The van der Waals surface area contributed by atoms with Crippen molar-refractivity contribution in [3.05, 3.63) is 51.3 Å². The van der Waals surface area contributed by atoms with Crippen molar-refractivity contribution < 1.29 is 4.79 Å². The van der Waals surface area contributed by atoms with Gasteiger partial charge >= 0.3 is 0 Å². The van der Waals surface area contributed by atoms with Gasteiger partial charge < -0.3 is 0 Å². The fraction of sp³-hybridized carbons (Fsp3) is 0.350. The predicted octanol–water partition coefficient (Wildman–Crippen LogP) is 4.97. The summed E-state index contributed by atoms with van der Waals surface area (Å²) in [6.07, 6.45) is 1.54. The maximum atomic E-state index is 12.4. The summed E-state index contributed by atoms with van der Waals surface area (Å²) < 4.78 is 1.65. The number of hydrogen-bond acceptors (Lipinski definition) is 3. The molecule has 1 aromatic carbocycles. The monoisotopic (exact) mass is 355 g/mol. The van der Waals surface area contributed by atoms with Crippen molar-refractivity contribution in [3.63, 3.8) is 0 Å². The number of allylic oxidation sites excluding steroid dienone is 1. The van der Waals surface area contributed by atoms with Crippen LogP contribution in [0.3, 0.4) is 0 Å². The van der Waals surface area contributed by atoms with Gasteiger partial charge in [-0.25, -0.2) is 4.68 Å². The molecule has 0 amide bonds. The molecule has 0 bridgehead atoms. The molecule has 0 N–H and O–H groups in total. The van der Waals surface area contributed by atoms with Gasteiger partial charge in [0.25, 0.3) is 0 Å². The number of aromatic nitrogens is 2. The minimum atomic E-state index is -0.634. The lowest BCUT2D eigenvalue weighted by Crippen LogP contribution is -2.21. The van der Waals surface area contributed by atoms with Crippen molar-refractivity contribution >= 4 is 23.5 Å². The first kappa shape index (κ1) is 19.0. The van der Waals surface area contributed by atoms with E-state index >= 15 is 0 Å². The number of Topliss-reactive ketones (excluding diaryl/α,β-unsaturated/α-hetero) is 1. The van der Waals surface area contributed by atoms with Crippen LogP contribution in [-0.4, -0.2) is 15.6 Å². The van der Waals surface area contributed by atoms with Crippen LogP contribution in [0, 0.1) is 37.5 Å². The summed E-state index contributed by atoms with van der Waals surface area (Å²) in [5.41, 5.74) is 3.73. The quantitative estimate of drug-likeness (QED) is 0.576. The first-order valence-corrected chi connectivity index (χ1v) is 8.43. The van der Waals surface area contributed by atoms with Crippen molar-refractivity contribution in [2.24, 2.45) is 5.41 Å². The Balaban J connectivity index is 2.61. The molecule has 0 aliphatic heterocycles. The van der Waals surface area contributed by atoms with Gasteiger partial charge in [-0.05, 0) is 44.0 Å². The standard InChI is InChI=1S/C20H22ClN3O/c1-12-7-8-13(2)17(9-12)24-19(21)16(14(3)23-24)10-15(11-22)18(25)20(4,5)6/h7-10H,1-6H3/b15-10+. The molecule has 2 aromatic rings. The molecule has 0 radical (unpaired) electrons. The number of nitrogens with zero attached hydrogens (tertiary/aromatic N) is 3. The highest BCUT2D eigenvalue weighted by Gasteiger charge is 2.26. The van der Waals surface area contributed by atoms with Crippen molar-refractivity contribution in [3.8, 4) is 11.8 Å². The lowest BCUT2D eigenvalue weighted by molar-refractivity contribution is -0.121. The van der Waals surface area contributed by atoms with E-state index in [9.17, 15) is 10.1 Å². The highest BCUT2D eigenvalue weighted by Crippen LogP contribution is 2.29. The molecule has 0 saturated heterocycles. The molecule has 1 aromatic heterocycles. The summed E-state index contributed by atoms with van der Waals surface area (Å²) in [7, 11) is 0. The molecule has 1 heterocycles. The summed E-state index contributed by atoms with van der Waals surface area (Å²) in [6.45, 7) is 11.2.